The van der Waals surface area contributed by atoms with Gasteiger partial charge in [-0.25, -0.2) is 4.98 Å². The van der Waals surface area contributed by atoms with Crippen LogP contribution in [0.5, 0.6) is 0 Å². The van der Waals surface area contributed by atoms with Gasteiger partial charge in [0.25, 0.3) is 0 Å². The summed E-state index contributed by atoms with van der Waals surface area (Å²) in [6.45, 7) is 3.23. The smallest absolute Gasteiger partial charge is 0.133 e. The lowest BCUT2D eigenvalue weighted by molar-refractivity contribution is 0.641. The molecule has 24 heavy (non-hydrogen) atoms. The van der Waals surface area contributed by atoms with Crippen LogP contribution in [0.3, 0.4) is 0 Å². The molecule has 3 aromatic rings. The summed E-state index contributed by atoms with van der Waals surface area (Å²) in [4.78, 5) is 6.90. The van der Waals surface area contributed by atoms with Crippen molar-refractivity contribution < 1.29 is 0 Å². The number of hydrogen-bond acceptors (Lipinski definition) is 2. The Morgan fingerprint density at radius 1 is 1.00 bits per heavy atom. The van der Waals surface area contributed by atoms with Crippen LogP contribution in [0.4, 0.5) is 5.69 Å². The summed E-state index contributed by atoms with van der Waals surface area (Å²) in [5.41, 5.74) is 4.68. The molecule has 0 aliphatic heterocycles. The second-order valence-corrected chi connectivity index (χ2v) is 6.28. The van der Waals surface area contributed by atoms with Crippen LogP contribution in [-0.2, 0) is 6.54 Å². The zero-order valence-electron chi connectivity index (χ0n) is 14.7. The topological polar surface area (TPSA) is 21.1 Å². The fraction of sp³-hybridized carbons (Fsp3) is 0.286. The molecule has 0 saturated carbocycles. The first-order valence-corrected chi connectivity index (χ1v) is 8.60. The number of aryl methyl sites for hydroxylation is 1. The summed E-state index contributed by atoms with van der Waals surface area (Å²) >= 11 is 0. The first kappa shape index (κ1) is 16.3. The van der Waals surface area contributed by atoms with Crippen molar-refractivity contribution in [3.05, 3.63) is 59.9 Å². The second kappa shape index (κ2) is 7.35. The molecule has 0 atom stereocenters. The predicted molar refractivity (Wildman–Crippen MR) is 104 cm³/mol. The Balaban J connectivity index is 1.90. The number of hydrogen-bond donors (Lipinski definition) is 0. The van der Waals surface area contributed by atoms with Crippen LogP contribution in [-0.4, -0.2) is 23.6 Å². The Morgan fingerprint density at radius 3 is 2.46 bits per heavy atom. The lowest BCUT2D eigenvalue weighted by Gasteiger charge is -2.11. The molecule has 2 aromatic carbocycles. The van der Waals surface area contributed by atoms with Crippen molar-refractivity contribution in [3.8, 4) is 0 Å². The highest BCUT2D eigenvalue weighted by molar-refractivity contribution is 5.80. The third-order valence-electron chi connectivity index (χ3n) is 4.25. The maximum Gasteiger partial charge on any atom is 0.133 e. The molecule has 0 saturated heterocycles. The van der Waals surface area contributed by atoms with Crippen molar-refractivity contribution in [3.63, 3.8) is 0 Å². The quantitative estimate of drug-likeness (QED) is 0.632. The molecule has 124 valence electrons. The van der Waals surface area contributed by atoms with E-state index in [2.05, 4.69) is 85.1 Å². The molecule has 0 bridgehead atoms. The minimum atomic E-state index is 1.01. The molecule has 0 N–H and O–H groups in total. The molecule has 0 aliphatic rings. The van der Waals surface area contributed by atoms with Crippen molar-refractivity contribution in [1.29, 1.82) is 0 Å². The molecule has 0 aliphatic carbocycles. The molecule has 0 spiro atoms. The Labute approximate surface area is 144 Å². The molecule has 3 rings (SSSR count). The fourth-order valence-electron chi connectivity index (χ4n) is 2.83. The van der Waals surface area contributed by atoms with Crippen LogP contribution < -0.4 is 4.90 Å². The van der Waals surface area contributed by atoms with Crippen LogP contribution >= 0.6 is 0 Å². The van der Waals surface area contributed by atoms with E-state index in [1.54, 1.807) is 0 Å². The fourth-order valence-corrected chi connectivity index (χ4v) is 2.83. The van der Waals surface area contributed by atoms with Crippen LogP contribution in [0.1, 0.15) is 31.2 Å². The van der Waals surface area contributed by atoms with Gasteiger partial charge in [-0.05, 0) is 42.3 Å². The minimum absolute atomic E-state index is 1.01. The van der Waals surface area contributed by atoms with Crippen molar-refractivity contribution >= 4 is 28.9 Å². The largest absolute Gasteiger partial charge is 0.378 e. The van der Waals surface area contributed by atoms with Crippen LogP contribution in [0, 0.1) is 0 Å². The molecule has 3 heteroatoms. The first-order chi connectivity index (χ1) is 11.7. The number of nitrogens with zero attached hydrogens (tertiary/aromatic N) is 3. The molecule has 3 nitrogen and oxygen atoms in total. The summed E-state index contributed by atoms with van der Waals surface area (Å²) in [5, 5.41) is 0. The number of imidazole rings is 1. The average molecular weight is 319 g/mol. The zero-order chi connectivity index (χ0) is 16.9. The van der Waals surface area contributed by atoms with Crippen molar-refractivity contribution in [2.75, 3.05) is 19.0 Å². The maximum absolute atomic E-state index is 4.79. The molecular formula is C21H25N3. The molecule has 0 amide bonds. The number of para-hydroxylation sites is 2. The Hall–Kier alpha value is -2.55. The van der Waals surface area contributed by atoms with E-state index >= 15 is 0 Å². The average Bonchev–Trinajstić information content (AvgIpc) is 2.96. The Morgan fingerprint density at radius 2 is 1.75 bits per heavy atom. The standard InChI is InChI=1S/C21H25N3/c1-4-5-16-24-20-9-7-6-8-19(20)22-21(24)15-12-17-10-13-18(14-11-17)23(2)3/h6-15H,4-5,16H2,1-3H3/b15-12+. The van der Waals surface area contributed by atoms with E-state index in [0.717, 1.165) is 17.9 Å². The van der Waals surface area contributed by atoms with Crippen LogP contribution in [0.15, 0.2) is 48.5 Å². The SMILES string of the molecule is CCCCn1c(/C=C/c2ccc(N(C)C)cc2)nc2ccccc21. The summed E-state index contributed by atoms with van der Waals surface area (Å²) in [6.07, 6.45) is 6.61. The van der Waals surface area contributed by atoms with Crippen LogP contribution in [0.25, 0.3) is 23.2 Å². The van der Waals surface area contributed by atoms with Gasteiger partial charge in [0.1, 0.15) is 5.82 Å². The molecule has 1 aromatic heterocycles. The molecular weight excluding hydrogens is 294 g/mol. The van der Waals surface area contributed by atoms with Gasteiger partial charge in [-0.15, -0.1) is 0 Å². The van der Waals surface area contributed by atoms with Gasteiger partial charge in [0.05, 0.1) is 11.0 Å². The summed E-state index contributed by atoms with van der Waals surface area (Å²) in [7, 11) is 4.11. The number of unbranched alkanes of at least 4 members (excludes halogenated alkanes) is 1. The van der Waals surface area contributed by atoms with E-state index in [-0.39, 0.29) is 0 Å². The van der Waals surface area contributed by atoms with Crippen molar-refractivity contribution in [1.82, 2.24) is 9.55 Å². The van der Waals surface area contributed by atoms with E-state index < -0.39 is 0 Å². The number of benzene rings is 2. The van der Waals surface area contributed by atoms with E-state index in [9.17, 15) is 0 Å². The lowest BCUT2D eigenvalue weighted by atomic mass is 10.2. The summed E-state index contributed by atoms with van der Waals surface area (Å²) in [5.74, 6) is 1.03. The normalized spacial score (nSPS) is 11.5. The molecule has 1 heterocycles. The number of anilines is 1. The Bertz CT molecular complexity index is 826. The van der Waals surface area contributed by atoms with E-state index in [4.69, 9.17) is 4.98 Å². The molecule has 0 fully saturated rings. The predicted octanol–water partition coefficient (Wildman–Crippen LogP) is 5.07. The number of fused-ring (bicyclic) bond motifs is 1. The van der Waals surface area contributed by atoms with Crippen LogP contribution in [0.2, 0.25) is 0 Å². The van der Waals surface area contributed by atoms with Crippen molar-refractivity contribution in [2.45, 2.75) is 26.3 Å². The van der Waals surface area contributed by atoms with Gasteiger partial charge >= 0.3 is 0 Å². The minimum Gasteiger partial charge on any atom is -0.378 e. The van der Waals surface area contributed by atoms with Gasteiger partial charge < -0.3 is 9.47 Å². The highest BCUT2D eigenvalue weighted by Crippen LogP contribution is 2.19. The second-order valence-electron chi connectivity index (χ2n) is 6.28. The van der Waals surface area contributed by atoms with Gasteiger partial charge in [-0.3, -0.25) is 0 Å². The molecule has 0 unspecified atom stereocenters. The highest BCUT2D eigenvalue weighted by Gasteiger charge is 2.07. The number of rotatable bonds is 6. The van der Waals surface area contributed by atoms with E-state index in [0.29, 0.717) is 0 Å². The summed E-state index contributed by atoms with van der Waals surface area (Å²) in [6, 6.07) is 16.9. The van der Waals surface area contributed by atoms with E-state index in [1.165, 1.54) is 29.6 Å². The van der Waals surface area contributed by atoms with Gasteiger partial charge in [-0.1, -0.05) is 43.7 Å². The van der Waals surface area contributed by atoms with Gasteiger partial charge in [0.2, 0.25) is 0 Å². The Kier molecular flexibility index (Phi) is 4.99. The highest BCUT2D eigenvalue weighted by atomic mass is 15.1. The molecule has 0 radical (unpaired) electrons. The lowest BCUT2D eigenvalue weighted by Crippen LogP contribution is -2.07. The maximum atomic E-state index is 4.79. The van der Waals surface area contributed by atoms with Gasteiger partial charge in [0, 0.05) is 26.3 Å². The monoisotopic (exact) mass is 319 g/mol. The number of aromatic nitrogens is 2. The van der Waals surface area contributed by atoms with Gasteiger partial charge in [0.15, 0.2) is 0 Å². The van der Waals surface area contributed by atoms with E-state index in [1.807, 2.05) is 6.07 Å². The zero-order valence-corrected chi connectivity index (χ0v) is 14.7. The third kappa shape index (κ3) is 3.51. The first-order valence-electron chi connectivity index (χ1n) is 8.60. The third-order valence-corrected chi connectivity index (χ3v) is 4.25. The summed E-state index contributed by atoms with van der Waals surface area (Å²) < 4.78 is 2.32. The van der Waals surface area contributed by atoms with Gasteiger partial charge in [-0.2, -0.15) is 0 Å². The van der Waals surface area contributed by atoms with Crippen molar-refractivity contribution in [2.24, 2.45) is 0 Å².